The van der Waals surface area contributed by atoms with Crippen LogP contribution in [-0.4, -0.2) is 37.9 Å². The SMILES string of the molecule is CC(C)N(C(=O)Cn1cc(C(C)(C)N)nn1)C(C)C. The summed E-state index contributed by atoms with van der Waals surface area (Å²) in [7, 11) is 0. The van der Waals surface area contributed by atoms with Crippen molar-refractivity contribution in [1.29, 1.82) is 0 Å². The molecule has 0 atom stereocenters. The van der Waals surface area contributed by atoms with Crippen molar-refractivity contribution in [3.63, 3.8) is 0 Å². The first-order chi connectivity index (χ1) is 8.62. The normalized spacial score (nSPS) is 12.3. The van der Waals surface area contributed by atoms with Gasteiger partial charge in [0, 0.05) is 12.1 Å². The number of amides is 1. The molecule has 1 heterocycles. The molecule has 0 saturated carbocycles. The Labute approximate surface area is 115 Å². The lowest BCUT2D eigenvalue weighted by molar-refractivity contribution is -0.135. The topological polar surface area (TPSA) is 77.0 Å². The third-order valence-corrected chi connectivity index (χ3v) is 2.90. The second kappa shape index (κ2) is 5.69. The summed E-state index contributed by atoms with van der Waals surface area (Å²) in [6.45, 7) is 11.9. The second-order valence-corrected chi connectivity index (χ2v) is 6.01. The van der Waals surface area contributed by atoms with E-state index in [9.17, 15) is 4.79 Å². The van der Waals surface area contributed by atoms with Crippen LogP contribution in [0.1, 0.15) is 47.2 Å². The zero-order valence-corrected chi connectivity index (χ0v) is 12.7. The van der Waals surface area contributed by atoms with Crippen LogP contribution in [0.5, 0.6) is 0 Å². The van der Waals surface area contributed by atoms with Crippen LogP contribution >= 0.6 is 0 Å². The van der Waals surface area contributed by atoms with Gasteiger partial charge in [0.25, 0.3) is 0 Å². The average Bonchev–Trinajstić information content (AvgIpc) is 2.63. The van der Waals surface area contributed by atoms with Gasteiger partial charge in [-0.3, -0.25) is 4.79 Å². The molecule has 0 aromatic carbocycles. The predicted octanol–water partition coefficient (Wildman–Crippen LogP) is 1.12. The van der Waals surface area contributed by atoms with Crippen molar-refractivity contribution < 1.29 is 4.79 Å². The van der Waals surface area contributed by atoms with Crippen LogP contribution in [0.2, 0.25) is 0 Å². The van der Waals surface area contributed by atoms with E-state index in [2.05, 4.69) is 10.3 Å². The molecule has 0 aliphatic heterocycles. The lowest BCUT2D eigenvalue weighted by Gasteiger charge is -2.30. The lowest BCUT2D eigenvalue weighted by atomic mass is 10.0. The van der Waals surface area contributed by atoms with Crippen molar-refractivity contribution in [3.8, 4) is 0 Å². The minimum absolute atomic E-state index is 0.0382. The Hall–Kier alpha value is -1.43. The first kappa shape index (κ1) is 15.6. The summed E-state index contributed by atoms with van der Waals surface area (Å²) in [5, 5.41) is 7.97. The molecule has 19 heavy (non-hydrogen) atoms. The van der Waals surface area contributed by atoms with Gasteiger partial charge in [-0.25, -0.2) is 4.68 Å². The molecule has 1 rings (SSSR count). The van der Waals surface area contributed by atoms with E-state index in [0.717, 1.165) is 0 Å². The van der Waals surface area contributed by atoms with E-state index in [0.29, 0.717) is 5.69 Å². The number of hydrogen-bond donors (Lipinski definition) is 1. The summed E-state index contributed by atoms with van der Waals surface area (Å²) < 4.78 is 1.55. The Bertz CT molecular complexity index is 422. The molecular formula is C13H25N5O. The van der Waals surface area contributed by atoms with E-state index in [-0.39, 0.29) is 24.5 Å². The molecule has 0 bridgehead atoms. The molecule has 108 valence electrons. The minimum Gasteiger partial charge on any atom is -0.336 e. The predicted molar refractivity (Wildman–Crippen MR) is 74.4 cm³/mol. The number of hydrogen-bond acceptors (Lipinski definition) is 4. The lowest BCUT2D eigenvalue weighted by Crippen LogP contribution is -2.43. The Morgan fingerprint density at radius 3 is 2.26 bits per heavy atom. The molecule has 0 fully saturated rings. The molecule has 0 saturated heterocycles. The Morgan fingerprint density at radius 2 is 1.89 bits per heavy atom. The number of carbonyl (C=O) groups is 1. The number of nitrogens with two attached hydrogens (primary N) is 1. The summed E-state index contributed by atoms with van der Waals surface area (Å²) in [5.74, 6) is 0.0382. The molecule has 0 aliphatic rings. The first-order valence-electron chi connectivity index (χ1n) is 6.63. The molecule has 1 aromatic rings. The van der Waals surface area contributed by atoms with Crippen molar-refractivity contribution in [2.24, 2.45) is 5.73 Å². The molecule has 1 amide bonds. The van der Waals surface area contributed by atoms with Gasteiger partial charge in [-0.15, -0.1) is 5.10 Å². The van der Waals surface area contributed by atoms with Gasteiger partial charge in [0.15, 0.2) is 0 Å². The Kier molecular flexibility index (Phi) is 4.68. The maximum Gasteiger partial charge on any atom is 0.244 e. The van der Waals surface area contributed by atoms with E-state index >= 15 is 0 Å². The largest absolute Gasteiger partial charge is 0.336 e. The van der Waals surface area contributed by atoms with Crippen molar-refractivity contribution in [2.75, 3.05) is 0 Å². The third kappa shape index (κ3) is 4.02. The number of nitrogens with zero attached hydrogens (tertiary/aromatic N) is 4. The highest BCUT2D eigenvalue weighted by Gasteiger charge is 2.22. The van der Waals surface area contributed by atoms with Crippen LogP contribution in [-0.2, 0) is 16.9 Å². The monoisotopic (exact) mass is 267 g/mol. The Morgan fingerprint density at radius 1 is 1.37 bits per heavy atom. The van der Waals surface area contributed by atoms with Gasteiger partial charge in [-0.2, -0.15) is 0 Å². The van der Waals surface area contributed by atoms with E-state index in [1.807, 2.05) is 46.4 Å². The zero-order chi connectivity index (χ0) is 14.8. The molecule has 0 aliphatic carbocycles. The highest BCUT2D eigenvalue weighted by Crippen LogP contribution is 2.13. The van der Waals surface area contributed by atoms with E-state index in [1.165, 1.54) is 0 Å². The molecule has 0 spiro atoms. The Balaban J connectivity index is 2.79. The van der Waals surface area contributed by atoms with Crippen molar-refractivity contribution >= 4 is 5.91 Å². The van der Waals surface area contributed by atoms with Crippen LogP contribution in [0.4, 0.5) is 0 Å². The fourth-order valence-corrected chi connectivity index (χ4v) is 2.06. The summed E-state index contributed by atoms with van der Waals surface area (Å²) in [5.41, 5.74) is 6.08. The fourth-order valence-electron chi connectivity index (χ4n) is 2.06. The summed E-state index contributed by atoms with van der Waals surface area (Å²) >= 11 is 0. The molecule has 0 radical (unpaired) electrons. The quantitative estimate of drug-likeness (QED) is 0.867. The molecule has 6 nitrogen and oxygen atoms in total. The van der Waals surface area contributed by atoms with Gasteiger partial charge in [-0.05, 0) is 41.5 Å². The highest BCUT2D eigenvalue weighted by atomic mass is 16.2. The molecule has 6 heteroatoms. The summed E-state index contributed by atoms with van der Waals surface area (Å²) in [4.78, 5) is 14.1. The number of aromatic nitrogens is 3. The van der Waals surface area contributed by atoms with Crippen LogP contribution in [0.3, 0.4) is 0 Å². The molecular weight excluding hydrogens is 242 g/mol. The maximum atomic E-state index is 12.3. The molecule has 2 N–H and O–H groups in total. The van der Waals surface area contributed by atoms with E-state index in [4.69, 9.17) is 5.73 Å². The van der Waals surface area contributed by atoms with Gasteiger partial charge >= 0.3 is 0 Å². The summed E-state index contributed by atoms with van der Waals surface area (Å²) in [6.07, 6.45) is 1.73. The number of carbonyl (C=O) groups excluding carboxylic acids is 1. The van der Waals surface area contributed by atoms with Gasteiger partial charge < -0.3 is 10.6 Å². The van der Waals surface area contributed by atoms with Gasteiger partial charge in [0.1, 0.15) is 12.2 Å². The third-order valence-electron chi connectivity index (χ3n) is 2.90. The van der Waals surface area contributed by atoms with Crippen LogP contribution in [0.25, 0.3) is 0 Å². The molecule has 1 aromatic heterocycles. The first-order valence-corrected chi connectivity index (χ1v) is 6.63. The van der Waals surface area contributed by atoms with E-state index < -0.39 is 5.54 Å². The van der Waals surface area contributed by atoms with Crippen molar-refractivity contribution in [3.05, 3.63) is 11.9 Å². The standard InChI is InChI=1S/C13H25N5O/c1-9(2)18(10(3)4)12(19)8-17-7-11(15-16-17)13(5,6)14/h7,9-10H,8,14H2,1-6H3. The van der Waals surface area contributed by atoms with Gasteiger partial charge in [0.2, 0.25) is 5.91 Å². The highest BCUT2D eigenvalue weighted by molar-refractivity contribution is 5.76. The zero-order valence-electron chi connectivity index (χ0n) is 12.7. The molecule has 0 unspecified atom stereocenters. The van der Waals surface area contributed by atoms with Crippen molar-refractivity contribution in [1.82, 2.24) is 19.9 Å². The van der Waals surface area contributed by atoms with E-state index in [1.54, 1.807) is 10.9 Å². The van der Waals surface area contributed by atoms with Gasteiger partial charge in [-0.1, -0.05) is 5.21 Å². The van der Waals surface area contributed by atoms with Crippen LogP contribution in [0, 0.1) is 0 Å². The van der Waals surface area contributed by atoms with Crippen molar-refractivity contribution in [2.45, 2.75) is 65.7 Å². The maximum absolute atomic E-state index is 12.3. The smallest absolute Gasteiger partial charge is 0.244 e. The average molecular weight is 267 g/mol. The second-order valence-electron chi connectivity index (χ2n) is 6.01. The minimum atomic E-state index is -0.545. The number of rotatable bonds is 5. The van der Waals surface area contributed by atoms with Crippen LogP contribution < -0.4 is 5.73 Å². The fraction of sp³-hybridized carbons (Fsp3) is 0.769. The summed E-state index contributed by atoms with van der Waals surface area (Å²) in [6, 6.07) is 0.336. The van der Waals surface area contributed by atoms with Crippen LogP contribution in [0.15, 0.2) is 6.20 Å². The van der Waals surface area contributed by atoms with Gasteiger partial charge in [0.05, 0.1) is 11.7 Å².